The minimum absolute atomic E-state index is 0.0237. The largest absolute Gasteiger partial charge is 0.453 e. The molecule has 8 aromatic carbocycles. The van der Waals surface area contributed by atoms with Gasteiger partial charge in [-0.25, -0.2) is 70.4 Å². The molecular weight excluding hydrogens is 2030 g/mol. The highest BCUT2D eigenvalue weighted by Crippen LogP contribution is 2.42. The molecule has 5 amide bonds. The van der Waals surface area contributed by atoms with Crippen molar-refractivity contribution in [3.05, 3.63) is 310 Å². The number of carbonyl (C=O) groups is 5. The predicted molar refractivity (Wildman–Crippen MR) is 534 cm³/mol. The van der Waals surface area contributed by atoms with Gasteiger partial charge in [0.15, 0.2) is 0 Å². The molecule has 748 valence electrons. The summed E-state index contributed by atoms with van der Waals surface area (Å²) in [4.78, 5) is 93.4. The smallest absolute Gasteiger partial charge is 0.407 e. The number of hydrogen-bond acceptors (Lipinski definition) is 23. The number of nitrogens with one attached hydrogen (secondary N) is 5. The Bertz CT molecular complexity index is 6390. The Labute approximate surface area is 846 Å². The van der Waals surface area contributed by atoms with Crippen LogP contribution in [-0.4, -0.2) is 142 Å². The Hall–Kier alpha value is -13.2. The third-order valence-electron chi connectivity index (χ3n) is 25.6. The summed E-state index contributed by atoms with van der Waals surface area (Å²) in [5.74, 6) is -5.72. The Kier molecular flexibility index (Phi) is 37.6. The Morgan fingerprint density at radius 1 is 0.427 bits per heavy atom. The van der Waals surface area contributed by atoms with Crippen molar-refractivity contribution in [1.82, 2.24) is 61.5 Å². The first-order chi connectivity index (χ1) is 68.7. The van der Waals surface area contributed by atoms with Gasteiger partial charge < -0.3 is 79.8 Å². The molecule has 0 bridgehead atoms. The maximum absolute atomic E-state index is 15.1. The van der Waals surface area contributed by atoms with Crippen molar-refractivity contribution >= 4 is 108 Å². The topological polar surface area (TPSA) is 474 Å². The van der Waals surface area contributed by atoms with Crippen LogP contribution in [0.5, 0.6) is 0 Å². The zero-order valence-corrected chi connectivity index (χ0v) is 81.9. The number of ether oxygens (including phenoxy) is 1. The molecule has 16 rings (SSSR count). The van der Waals surface area contributed by atoms with Crippen LogP contribution in [0.3, 0.4) is 0 Å². The number of aliphatic hydroxyl groups is 5. The zero-order chi connectivity index (χ0) is 102. The fourth-order valence-electron chi connectivity index (χ4n) is 17.7. The zero-order valence-electron chi connectivity index (χ0n) is 77.2. The molecule has 0 saturated heterocycles. The fourth-order valence-corrected chi connectivity index (χ4v) is 19.1. The van der Waals surface area contributed by atoms with Crippen molar-refractivity contribution in [2.45, 2.75) is 169 Å². The SMILES string of the molecule is COC(=O)NC1CCC(c2cnc(N)c(-c3ccc(C(=O)N[C@H](CO)c4cc(F)cc(Br)c4)c(F)c3)n2)CC1.N#CC1CCC(c2cnc(N)c(-c3ccc(C(=O)N[C@H](CO)c4cc(F)cc(Br)c4)c(F)c3)n2)CC1.Nc1ncc(C2CCC(F)CC2)nc1-c1ccc(C(=O)N[C@H](CO)c2cccc(Cl)c2)c(F)c1.Nc1ncc(C2CCC(O)CC2)cc1-c1ccc(C(=O)N[C@H](CO)c2cccc(Cl)c2)c(F)c1. The number of alkyl carbamates (subject to hydrolysis) is 1. The van der Waals surface area contributed by atoms with E-state index in [4.69, 9.17) is 51.4 Å². The van der Waals surface area contributed by atoms with Crippen molar-refractivity contribution in [2.75, 3.05) is 56.5 Å². The molecule has 0 unspecified atom stereocenters. The van der Waals surface area contributed by atoms with Crippen molar-refractivity contribution in [3.63, 3.8) is 0 Å². The lowest BCUT2D eigenvalue weighted by atomic mass is 9.81. The quantitative estimate of drug-likeness (QED) is 0.0236. The number of amides is 5. The first-order valence-electron chi connectivity index (χ1n) is 46.2. The summed E-state index contributed by atoms with van der Waals surface area (Å²) in [7, 11) is 1.33. The lowest BCUT2D eigenvalue weighted by molar-refractivity contribution is 0.0904. The summed E-state index contributed by atoms with van der Waals surface area (Å²) in [6, 6.07) is 38.7. The highest BCUT2D eigenvalue weighted by Gasteiger charge is 2.33. The molecule has 4 atom stereocenters. The Morgan fingerprint density at radius 2 is 0.769 bits per heavy atom. The summed E-state index contributed by atoms with van der Waals surface area (Å²) < 4.78 is 107. The van der Waals surface area contributed by atoms with E-state index >= 15 is 13.2 Å². The molecule has 4 saturated carbocycles. The summed E-state index contributed by atoms with van der Waals surface area (Å²) in [6.45, 7) is -1.76. The minimum Gasteiger partial charge on any atom is -0.453 e. The van der Waals surface area contributed by atoms with E-state index in [0.29, 0.717) is 123 Å². The third kappa shape index (κ3) is 28.3. The molecule has 4 fully saturated rings. The predicted octanol–water partition coefficient (Wildman–Crippen LogP) is 19.2. The third-order valence-corrected chi connectivity index (χ3v) is 27.0. The number of alkyl halides is 1. The van der Waals surface area contributed by atoms with Crippen LogP contribution in [0.1, 0.15) is 237 Å². The molecule has 4 aliphatic rings. The highest BCUT2D eigenvalue weighted by molar-refractivity contribution is 9.10. The van der Waals surface area contributed by atoms with E-state index in [0.717, 1.165) is 94.4 Å². The van der Waals surface area contributed by atoms with Gasteiger partial charge in [0, 0.05) is 77.2 Å². The molecule has 0 aliphatic heterocycles. The van der Waals surface area contributed by atoms with Gasteiger partial charge in [-0.3, -0.25) is 19.2 Å². The minimum atomic E-state index is -0.945. The van der Waals surface area contributed by atoms with Crippen molar-refractivity contribution in [3.8, 4) is 51.0 Å². The van der Waals surface area contributed by atoms with Crippen molar-refractivity contribution in [2.24, 2.45) is 5.92 Å². The number of aromatic nitrogens is 7. The van der Waals surface area contributed by atoms with Crippen LogP contribution in [0, 0.1) is 52.2 Å². The lowest BCUT2D eigenvalue weighted by Gasteiger charge is -2.28. The number of aliphatic hydroxyl groups excluding tert-OH is 5. The number of nitrogens with zero attached hydrogens (tertiary/aromatic N) is 8. The van der Waals surface area contributed by atoms with Gasteiger partial charge in [-0.1, -0.05) is 104 Å². The lowest BCUT2D eigenvalue weighted by Crippen LogP contribution is -2.37. The second kappa shape index (κ2) is 50.2. The van der Waals surface area contributed by atoms with Gasteiger partial charge in [-0.05, 0) is 257 Å². The van der Waals surface area contributed by atoms with Crippen LogP contribution in [0.4, 0.5) is 58.8 Å². The van der Waals surface area contributed by atoms with E-state index in [2.05, 4.69) is 104 Å². The fraction of sp³-hybridized carbons (Fsp3) is 0.317. The number of nitriles is 1. The van der Waals surface area contributed by atoms with E-state index in [-0.39, 0.29) is 100 Å². The molecule has 4 heterocycles. The molecule has 143 heavy (non-hydrogen) atoms. The van der Waals surface area contributed by atoms with Crippen LogP contribution >= 0.6 is 55.1 Å². The number of methoxy groups -OCH3 is 1. The first kappa shape index (κ1) is 107. The van der Waals surface area contributed by atoms with Gasteiger partial charge in [0.25, 0.3) is 23.6 Å². The number of anilines is 4. The number of nitrogen functional groups attached to an aromatic ring is 4. The van der Waals surface area contributed by atoms with E-state index in [1.807, 2.05) is 6.07 Å². The van der Waals surface area contributed by atoms with Crippen LogP contribution < -0.4 is 49.5 Å². The standard InChI is InChI=1S/C27H28BrF2N5O4.C26H24BrF2N5O2.C26H27ClFN3O3.C25H25ClF2N4O2/c1-39-27(38)33-19-5-2-14(3-6-19)22-12-32-25(31)24(34-22)15-4-7-20(21(30)10-15)26(37)35-23(13-36)16-8-17(28)11-18(29)9-16;27-18-7-17(8-19(28)10-18)23(13-35)34-26(36)20-6-5-16(9-21(20)29)24-25(31)32-12-22(33-24)15-3-1-14(11-30)2-4-15;27-19-3-1-2-17(10-19)24(14-32)31-26(34)21-9-6-16(12-23(21)28)22-11-18(13-30-25(22)29)15-4-7-20(33)8-5-15;26-17-3-1-2-15(10-17)22(13-33)32-25(34)19-9-6-16(11-20(19)28)23-24(29)30-12-21(31-23)14-4-7-18(27)8-5-14/h4,7-12,14,19,23,36H,2-3,5-6,13H2,1H3,(H2,31,32)(H,33,38)(H,35,37);5-10,12,14-15,23,35H,1-4,13H2,(H2,31,32)(H,34,36);1-3,6,9-13,15,20,24,32-33H,4-5,7-8,14H2,(H2,29,30)(H,31,34);1-3,6,9-12,14,18,22,33H,4-5,7-8,13H2,(H2,29,30)(H,32,34)/t14?,19?,23-;14?,15?,23-;15?,20?,24-;14?,18?,22-/m1111/s1. The number of hydrogen-bond donors (Lipinski definition) is 14. The van der Waals surface area contributed by atoms with E-state index < -0.39 is 108 Å². The number of nitrogens with two attached hydrogens (primary N) is 4. The van der Waals surface area contributed by atoms with Crippen molar-refractivity contribution in [1.29, 1.82) is 5.26 Å². The molecule has 39 heteroatoms. The van der Waals surface area contributed by atoms with Crippen molar-refractivity contribution < 1.29 is 85.0 Å². The second-order valence-electron chi connectivity index (χ2n) is 35.2. The molecule has 0 radical (unpaired) electrons. The molecule has 4 aromatic heterocycles. The Morgan fingerprint density at radius 3 is 1.12 bits per heavy atom. The number of benzene rings is 8. The molecule has 12 aromatic rings. The molecule has 0 spiro atoms. The average Bonchev–Trinajstić information content (AvgIpc) is 0.808. The number of carbonyl (C=O) groups excluding carboxylic acids is 5. The number of halogens is 11. The Balaban J connectivity index is 0.000000160. The van der Waals surface area contributed by atoms with Gasteiger partial charge in [0.05, 0.1) is 128 Å². The van der Waals surface area contributed by atoms with Gasteiger partial charge in [-0.2, -0.15) is 5.26 Å². The molecular formula is C104H104Br2Cl2F7N17O11. The monoisotopic (exact) mass is 2130 g/mol. The van der Waals surface area contributed by atoms with Crippen LogP contribution in [-0.2, 0) is 4.74 Å². The van der Waals surface area contributed by atoms with E-state index in [1.54, 1.807) is 97.6 Å². The normalized spacial score (nSPS) is 18.5. The maximum atomic E-state index is 15.1. The van der Waals surface area contributed by atoms with Crippen LogP contribution in [0.2, 0.25) is 10.0 Å². The molecule has 28 nitrogen and oxygen atoms in total. The van der Waals surface area contributed by atoms with E-state index in [1.165, 1.54) is 86.0 Å². The van der Waals surface area contributed by atoms with Gasteiger partial charge >= 0.3 is 6.09 Å². The van der Waals surface area contributed by atoms with Crippen LogP contribution in [0.15, 0.2) is 198 Å². The molecule has 18 N–H and O–H groups in total. The highest BCUT2D eigenvalue weighted by atomic mass is 79.9. The van der Waals surface area contributed by atoms with E-state index in [9.17, 15) is 67.1 Å². The molecule has 4 aliphatic carbocycles. The maximum Gasteiger partial charge on any atom is 0.407 e. The summed E-state index contributed by atoms with van der Waals surface area (Å²) in [6.07, 6.45) is 16.8. The van der Waals surface area contributed by atoms with Gasteiger partial charge in [0.1, 0.15) is 81.4 Å². The second-order valence-corrected chi connectivity index (χ2v) is 37.9. The summed E-state index contributed by atoms with van der Waals surface area (Å²) in [5, 5.41) is 71.9. The van der Waals surface area contributed by atoms with Gasteiger partial charge in [-0.15, -0.1) is 0 Å². The van der Waals surface area contributed by atoms with Gasteiger partial charge in [0.2, 0.25) is 0 Å². The summed E-state index contributed by atoms with van der Waals surface area (Å²) in [5.41, 5.74) is 31.5. The number of rotatable bonds is 25. The van der Waals surface area contributed by atoms with Crippen LogP contribution in [0.25, 0.3) is 44.9 Å². The average molecular weight is 2130 g/mol. The first-order valence-corrected chi connectivity index (χ1v) is 48.5. The number of pyridine rings is 1. The summed E-state index contributed by atoms with van der Waals surface area (Å²) >= 11 is 18.3.